The van der Waals surface area contributed by atoms with Crippen LogP contribution in [-0.2, 0) is 17.9 Å². The van der Waals surface area contributed by atoms with Crippen molar-refractivity contribution >= 4 is 0 Å². The molecule has 0 fully saturated rings. The number of ether oxygens (including phenoxy) is 2. The second-order valence-corrected chi connectivity index (χ2v) is 5.32. The summed E-state index contributed by atoms with van der Waals surface area (Å²) in [5.74, 6) is 0.875. The molecule has 1 aromatic rings. The van der Waals surface area contributed by atoms with Crippen LogP contribution in [0.25, 0.3) is 0 Å². The van der Waals surface area contributed by atoms with Crippen LogP contribution in [0, 0.1) is 0 Å². The van der Waals surface area contributed by atoms with E-state index in [1.54, 1.807) is 7.11 Å². The van der Waals surface area contributed by atoms with Gasteiger partial charge in [-0.3, -0.25) is 0 Å². The van der Waals surface area contributed by atoms with Gasteiger partial charge in [-0.15, -0.1) is 0 Å². The molecular weight excluding hydrogens is 250 g/mol. The minimum Gasteiger partial charge on any atom is -0.496 e. The number of hydrogen-bond donors (Lipinski definition) is 1. The lowest BCUT2D eigenvalue weighted by Crippen LogP contribution is -2.09. The molecule has 0 saturated carbocycles. The van der Waals surface area contributed by atoms with E-state index in [-0.39, 0.29) is 6.10 Å². The lowest BCUT2D eigenvalue weighted by atomic mass is 10.1. The van der Waals surface area contributed by atoms with Gasteiger partial charge >= 0.3 is 0 Å². The molecule has 0 aliphatic rings. The van der Waals surface area contributed by atoms with E-state index in [1.165, 1.54) is 25.7 Å². The minimum absolute atomic E-state index is 0.290. The van der Waals surface area contributed by atoms with E-state index in [1.807, 2.05) is 12.1 Å². The number of benzene rings is 1. The lowest BCUT2D eigenvalue weighted by molar-refractivity contribution is 0.0448. The minimum atomic E-state index is 0.290. The first-order chi connectivity index (χ1) is 9.71. The molecule has 114 valence electrons. The van der Waals surface area contributed by atoms with Crippen LogP contribution in [-0.4, -0.2) is 13.2 Å². The Morgan fingerprint density at radius 2 is 2.00 bits per heavy atom. The van der Waals surface area contributed by atoms with Crippen molar-refractivity contribution < 1.29 is 9.47 Å². The zero-order valence-corrected chi connectivity index (χ0v) is 13.2. The van der Waals surface area contributed by atoms with Crippen LogP contribution in [0.5, 0.6) is 5.75 Å². The van der Waals surface area contributed by atoms with E-state index in [0.29, 0.717) is 13.2 Å². The largest absolute Gasteiger partial charge is 0.496 e. The van der Waals surface area contributed by atoms with Gasteiger partial charge in [0.25, 0.3) is 0 Å². The summed E-state index contributed by atoms with van der Waals surface area (Å²) in [6, 6.07) is 6.03. The third kappa shape index (κ3) is 5.93. The summed E-state index contributed by atoms with van der Waals surface area (Å²) < 4.78 is 11.3. The van der Waals surface area contributed by atoms with Crippen molar-refractivity contribution in [2.24, 2.45) is 5.73 Å². The highest BCUT2D eigenvalue weighted by Crippen LogP contribution is 2.21. The van der Waals surface area contributed by atoms with Gasteiger partial charge in [-0.2, -0.15) is 0 Å². The number of hydrogen-bond acceptors (Lipinski definition) is 3. The Bertz CT molecular complexity index is 379. The fraction of sp³-hybridized carbons (Fsp3) is 0.647. The Morgan fingerprint density at radius 1 is 1.20 bits per heavy atom. The predicted molar refractivity (Wildman–Crippen MR) is 83.9 cm³/mol. The Kier molecular flexibility index (Phi) is 8.31. The van der Waals surface area contributed by atoms with Gasteiger partial charge < -0.3 is 15.2 Å². The molecule has 2 N–H and O–H groups in total. The monoisotopic (exact) mass is 279 g/mol. The predicted octanol–water partition coefficient (Wildman–Crippen LogP) is 4.03. The van der Waals surface area contributed by atoms with Crippen LogP contribution in [0.1, 0.15) is 57.1 Å². The molecule has 20 heavy (non-hydrogen) atoms. The Balaban J connectivity index is 2.43. The summed E-state index contributed by atoms with van der Waals surface area (Å²) in [4.78, 5) is 0. The van der Waals surface area contributed by atoms with Crippen LogP contribution in [0.3, 0.4) is 0 Å². The van der Waals surface area contributed by atoms with Crippen LogP contribution >= 0.6 is 0 Å². The van der Waals surface area contributed by atoms with E-state index in [9.17, 15) is 0 Å². The van der Waals surface area contributed by atoms with E-state index in [2.05, 4.69) is 19.9 Å². The summed E-state index contributed by atoms with van der Waals surface area (Å²) in [7, 11) is 1.69. The molecule has 0 aliphatic carbocycles. The van der Waals surface area contributed by atoms with Gasteiger partial charge in [-0.25, -0.2) is 0 Å². The summed E-state index contributed by atoms with van der Waals surface area (Å²) >= 11 is 0. The molecule has 0 bridgehead atoms. The highest BCUT2D eigenvalue weighted by molar-refractivity contribution is 5.36. The van der Waals surface area contributed by atoms with Crippen molar-refractivity contribution in [3.8, 4) is 5.75 Å². The molecule has 1 atom stereocenters. The molecule has 1 rings (SSSR count). The first-order valence-electron chi connectivity index (χ1n) is 7.68. The maximum Gasteiger partial charge on any atom is 0.124 e. The van der Waals surface area contributed by atoms with E-state index < -0.39 is 0 Å². The molecule has 0 amide bonds. The van der Waals surface area contributed by atoms with Crippen LogP contribution in [0.15, 0.2) is 18.2 Å². The molecule has 0 aliphatic heterocycles. The summed E-state index contributed by atoms with van der Waals surface area (Å²) in [6.07, 6.45) is 6.56. The van der Waals surface area contributed by atoms with Crippen LogP contribution in [0.4, 0.5) is 0 Å². The van der Waals surface area contributed by atoms with Crippen molar-refractivity contribution in [3.63, 3.8) is 0 Å². The number of nitrogens with two attached hydrogens (primary N) is 1. The molecule has 3 nitrogen and oxygen atoms in total. The number of unbranched alkanes of at least 4 members (excludes halogenated alkanes) is 3. The quantitative estimate of drug-likeness (QED) is 0.658. The molecule has 0 heterocycles. The maximum absolute atomic E-state index is 5.93. The van der Waals surface area contributed by atoms with Gasteiger partial charge in [0.05, 0.1) is 19.8 Å². The second-order valence-electron chi connectivity index (χ2n) is 5.32. The van der Waals surface area contributed by atoms with Crippen molar-refractivity contribution in [3.05, 3.63) is 29.3 Å². The third-order valence-electron chi connectivity index (χ3n) is 3.57. The Morgan fingerprint density at radius 3 is 2.65 bits per heavy atom. The Hall–Kier alpha value is -1.06. The molecule has 3 heteroatoms. The molecule has 0 spiro atoms. The average molecular weight is 279 g/mol. The van der Waals surface area contributed by atoms with Gasteiger partial charge in [-0.1, -0.05) is 38.7 Å². The van der Waals surface area contributed by atoms with Gasteiger partial charge in [0.2, 0.25) is 0 Å². The standard InChI is InChI=1S/C17H29NO2/c1-4-5-6-7-8-14(2)20-13-16-11-15(12-18)9-10-17(16)19-3/h9-11,14H,4-8,12-13,18H2,1-3H3. The molecule has 1 unspecified atom stereocenters. The van der Waals surface area contributed by atoms with Crippen LogP contribution < -0.4 is 10.5 Å². The van der Waals surface area contributed by atoms with Crippen molar-refractivity contribution in [2.75, 3.05) is 7.11 Å². The molecule has 0 aromatic heterocycles. The first-order valence-corrected chi connectivity index (χ1v) is 7.68. The molecule has 0 saturated heterocycles. The van der Waals surface area contributed by atoms with Crippen molar-refractivity contribution in [1.82, 2.24) is 0 Å². The summed E-state index contributed by atoms with van der Waals surface area (Å²) in [6.45, 7) is 5.51. The zero-order chi connectivity index (χ0) is 14.8. The zero-order valence-electron chi connectivity index (χ0n) is 13.2. The normalized spacial score (nSPS) is 12.4. The topological polar surface area (TPSA) is 44.5 Å². The van der Waals surface area contributed by atoms with Crippen molar-refractivity contribution in [1.29, 1.82) is 0 Å². The molecular formula is C17H29NO2. The highest BCUT2D eigenvalue weighted by atomic mass is 16.5. The Labute approximate surface area is 123 Å². The summed E-state index contributed by atoms with van der Waals surface area (Å²) in [5, 5.41) is 0. The van der Waals surface area contributed by atoms with Gasteiger partial charge in [0.1, 0.15) is 5.75 Å². The van der Waals surface area contributed by atoms with E-state index >= 15 is 0 Å². The maximum atomic E-state index is 5.93. The van der Waals surface area contributed by atoms with Crippen LogP contribution in [0.2, 0.25) is 0 Å². The molecule has 1 aromatic carbocycles. The smallest absolute Gasteiger partial charge is 0.124 e. The first kappa shape index (κ1) is 17.0. The van der Waals surface area contributed by atoms with E-state index in [4.69, 9.17) is 15.2 Å². The number of rotatable bonds is 10. The van der Waals surface area contributed by atoms with Gasteiger partial charge in [-0.05, 0) is 31.0 Å². The van der Waals surface area contributed by atoms with Gasteiger partial charge in [0, 0.05) is 12.1 Å². The van der Waals surface area contributed by atoms with Gasteiger partial charge in [0.15, 0.2) is 0 Å². The lowest BCUT2D eigenvalue weighted by Gasteiger charge is -2.15. The van der Waals surface area contributed by atoms with Crippen molar-refractivity contribution in [2.45, 2.75) is 65.2 Å². The summed E-state index contributed by atoms with van der Waals surface area (Å²) in [5.41, 5.74) is 7.87. The van der Waals surface area contributed by atoms with E-state index in [0.717, 1.165) is 23.3 Å². The average Bonchev–Trinajstić information content (AvgIpc) is 2.49. The SMILES string of the molecule is CCCCCCC(C)OCc1cc(CN)ccc1OC. The number of methoxy groups -OCH3 is 1. The second kappa shape index (κ2) is 9.78. The fourth-order valence-electron chi connectivity index (χ4n) is 2.25. The third-order valence-corrected chi connectivity index (χ3v) is 3.57. The molecule has 0 radical (unpaired) electrons. The fourth-order valence-corrected chi connectivity index (χ4v) is 2.25. The highest BCUT2D eigenvalue weighted by Gasteiger charge is 2.07.